The van der Waals surface area contributed by atoms with E-state index in [2.05, 4.69) is 36.4 Å². The van der Waals surface area contributed by atoms with Crippen LogP contribution in [0.25, 0.3) is 21.6 Å². The molecule has 3 aromatic rings. The maximum atomic E-state index is 4.98. The van der Waals surface area contributed by atoms with Crippen molar-refractivity contribution in [2.75, 3.05) is 36.0 Å². The number of hydrogen-bond acceptors (Lipinski definition) is 7. The van der Waals surface area contributed by atoms with E-state index >= 15 is 0 Å². The molecule has 0 radical (unpaired) electrons. The molecule has 0 amide bonds. The number of anilines is 2. The van der Waals surface area contributed by atoms with E-state index in [9.17, 15) is 0 Å². The van der Waals surface area contributed by atoms with Crippen molar-refractivity contribution in [3.63, 3.8) is 0 Å². The molecule has 0 spiro atoms. The van der Waals surface area contributed by atoms with Gasteiger partial charge in [0, 0.05) is 32.4 Å². The third-order valence-electron chi connectivity index (χ3n) is 5.53. The monoisotopic (exact) mass is 380 g/mol. The Balaban J connectivity index is 1.65. The first-order valence-electron chi connectivity index (χ1n) is 9.97. The second-order valence-electron chi connectivity index (χ2n) is 7.38. The Hall–Kier alpha value is -2.28. The lowest BCUT2D eigenvalue weighted by atomic mass is 10.1. The molecule has 2 aliphatic rings. The quantitative estimate of drug-likeness (QED) is 0.681. The van der Waals surface area contributed by atoms with Crippen LogP contribution >= 0.6 is 11.3 Å². The molecule has 0 atom stereocenters. The van der Waals surface area contributed by atoms with Crippen molar-refractivity contribution in [3.8, 4) is 10.7 Å². The summed E-state index contributed by atoms with van der Waals surface area (Å²) in [5, 5.41) is 12.4. The van der Waals surface area contributed by atoms with Gasteiger partial charge in [0.1, 0.15) is 5.52 Å². The maximum absolute atomic E-state index is 4.98. The Bertz CT molecular complexity index is 914. The van der Waals surface area contributed by atoms with Crippen molar-refractivity contribution in [1.29, 1.82) is 0 Å². The van der Waals surface area contributed by atoms with Crippen LogP contribution in [0.1, 0.15) is 38.5 Å². The number of piperidine rings is 2. The second kappa shape index (κ2) is 7.38. The molecule has 0 saturated carbocycles. The smallest absolute Gasteiger partial charge is 0.178 e. The molecule has 140 valence electrons. The van der Waals surface area contributed by atoms with E-state index < -0.39 is 0 Å². The van der Waals surface area contributed by atoms with E-state index in [1.54, 1.807) is 11.3 Å². The number of fused-ring (bicyclic) bond motifs is 1. The molecule has 0 bridgehead atoms. The molecular weight excluding hydrogens is 356 g/mol. The summed E-state index contributed by atoms with van der Waals surface area (Å²) in [6, 6.07) is 4.12. The van der Waals surface area contributed by atoms with Crippen molar-refractivity contribution in [1.82, 2.24) is 20.2 Å². The van der Waals surface area contributed by atoms with Gasteiger partial charge in [0.05, 0.1) is 10.3 Å². The fraction of sp³-hybridized carbons (Fsp3) is 0.500. The van der Waals surface area contributed by atoms with Crippen molar-refractivity contribution < 1.29 is 0 Å². The average Bonchev–Trinajstić information content (AvgIpc) is 3.29. The molecular formula is C20H24N6S. The van der Waals surface area contributed by atoms with Gasteiger partial charge in [-0.1, -0.05) is 6.07 Å². The van der Waals surface area contributed by atoms with Gasteiger partial charge in [-0.3, -0.25) is 0 Å². The summed E-state index contributed by atoms with van der Waals surface area (Å²) in [6.45, 7) is 4.15. The van der Waals surface area contributed by atoms with Gasteiger partial charge in [0.2, 0.25) is 0 Å². The van der Waals surface area contributed by atoms with Gasteiger partial charge in [0.15, 0.2) is 17.5 Å². The molecule has 2 aliphatic heterocycles. The Kier molecular flexibility index (Phi) is 4.61. The molecule has 0 N–H and O–H groups in total. The first kappa shape index (κ1) is 16.9. The minimum absolute atomic E-state index is 0.786. The zero-order valence-corrected chi connectivity index (χ0v) is 16.3. The van der Waals surface area contributed by atoms with Gasteiger partial charge < -0.3 is 9.80 Å². The molecule has 2 saturated heterocycles. The van der Waals surface area contributed by atoms with Crippen LogP contribution in [0.15, 0.2) is 23.7 Å². The lowest BCUT2D eigenvalue weighted by Gasteiger charge is -2.30. The third-order valence-corrected chi connectivity index (χ3v) is 6.40. The maximum Gasteiger partial charge on any atom is 0.178 e. The SMILES string of the molecule is c1csc(-c2ncc3c(N4CCCCC4)nnc(N4CCCCC4)c3n2)c1. The standard InChI is InChI=1S/C20H24N6S/c1-3-9-25(10-4-1)19-15-14-21-18(16-8-7-13-27-16)22-17(15)20(24-23-19)26-11-5-2-6-12-26/h7-8,13-14H,1-6,9-12H2. The van der Waals surface area contributed by atoms with Crippen LogP contribution in [-0.2, 0) is 0 Å². The van der Waals surface area contributed by atoms with Crippen LogP contribution in [0.4, 0.5) is 11.6 Å². The first-order chi connectivity index (χ1) is 13.4. The number of rotatable bonds is 3. The van der Waals surface area contributed by atoms with Gasteiger partial charge in [-0.05, 0) is 50.0 Å². The van der Waals surface area contributed by atoms with Gasteiger partial charge >= 0.3 is 0 Å². The van der Waals surface area contributed by atoms with E-state index in [1.807, 2.05) is 12.3 Å². The van der Waals surface area contributed by atoms with E-state index in [-0.39, 0.29) is 0 Å². The Morgan fingerprint density at radius 3 is 2.15 bits per heavy atom. The summed E-state index contributed by atoms with van der Waals surface area (Å²) < 4.78 is 0. The van der Waals surface area contributed by atoms with Gasteiger partial charge in [-0.15, -0.1) is 21.5 Å². The number of nitrogens with zero attached hydrogens (tertiary/aromatic N) is 6. The van der Waals surface area contributed by atoms with Crippen molar-refractivity contribution in [2.24, 2.45) is 0 Å². The first-order valence-corrected chi connectivity index (χ1v) is 10.9. The third kappa shape index (κ3) is 3.25. The van der Waals surface area contributed by atoms with Crippen LogP contribution in [0.3, 0.4) is 0 Å². The minimum Gasteiger partial charge on any atom is -0.355 e. The highest BCUT2D eigenvalue weighted by molar-refractivity contribution is 7.13. The minimum atomic E-state index is 0.786. The molecule has 5 rings (SSSR count). The molecule has 3 aromatic heterocycles. The van der Waals surface area contributed by atoms with Gasteiger partial charge in [-0.25, -0.2) is 9.97 Å². The van der Waals surface area contributed by atoms with Crippen LogP contribution in [0.5, 0.6) is 0 Å². The van der Waals surface area contributed by atoms with Crippen LogP contribution in [0.2, 0.25) is 0 Å². The van der Waals surface area contributed by atoms with Crippen molar-refractivity contribution >= 4 is 33.9 Å². The largest absolute Gasteiger partial charge is 0.355 e. The molecule has 0 aliphatic carbocycles. The van der Waals surface area contributed by atoms with Crippen molar-refractivity contribution in [3.05, 3.63) is 23.7 Å². The summed E-state index contributed by atoms with van der Waals surface area (Å²) in [7, 11) is 0. The summed E-state index contributed by atoms with van der Waals surface area (Å²) in [4.78, 5) is 15.5. The van der Waals surface area contributed by atoms with Crippen LogP contribution in [0, 0.1) is 0 Å². The van der Waals surface area contributed by atoms with E-state index in [0.717, 1.165) is 59.4 Å². The molecule has 0 aromatic carbocycles. The Morgan fingerprint density at radius 1 is 0.815 bits per heavy atom. The fourth-order valence-corrected chi connectivity index (χ4v) is 4.76. The Labute approximate surface area is 163 Å². The van der Waals surface area contributed by atoms with Gasteiger partial charge in [-0.2, -0.15) is 0 Å². The predicted octanol–water partition coefficient (Wildman–Crippen LogP) is 4.13. The molecule has 0 unspecified atom stereocenters. The lowest BCUT2D eigenvalue weighted by Crippen LogP contribution is -2.33. The zero-order chi connectivity index (χ0) is 18.1. The number of aromatic nitrogens is 4. The summed E-state index contributed by atoms with van der Waals surface area (Å²) in [5.41, 5.74) is 0.950. The normalized spacial score (nSPS) is 18.2. The van der Waals surface area contributed by atoms with Crippen molar-refractivity contribution in [2.45, 2.75) is 38.5 Å². The van der Waals surface area contributed by atoms with E-state index in [0.29, 0.717) is 0 Å². The predicted molar refractivity (Wildman–Crippen MR) is 111 cm³/mol. The second-order valence-corrected chi connectivity index (χ2v) is 8.32. The van der Waals surface area contributed by atoms with Crippen LogP contribution < -0.4 is 9.80 Å². The Morgan fingerprint density at radius 2 is 1.48 bits per heavy atom. The molecule has 7 heteroatoms. The highest BCUT2D eigenvalue weighted by Gasteiger charge is 2.23. The highest BCUT2D eigenvalue weighted by Crippen LogP contribution is 2.33. The zero-order valence-electron chi connectivity index (χ0n) is 15.5. The molecule has 6 nitrogen and oxygen atoms in total. The molecule has 2 fully saturated rings. The topological polar surface area (TPSA) is 58.0 Å². The summed E-state index contributed by atoms with van der Waals surface area (Å²) in [5.74, 6) is 2.65. The summed E-state index contributed by atoms with van der Waals surface area (Å²) in [6.07, 6.45) is 9.40. The van der Waals surface area contributed by atoms with E-state index in [1.165, 1.54) is 38.5 Å². The average molecular weight is 381 g/mol. The van der Waals surface area contributed by atoms with E-state index in [4.69, 9.17) is 4.98 Å². The number of hydrogen-bond donors (Lipinski definition) is 0. The summed E-state index contributed by atoms with van der Waals surface area (Å²) >= 11 is 1.67. The highest BCUT2D eigenvalue weighted by atomic mass is 32.1. The molecule has 5 heterocycles. The van der Waals surface area contributed by atoms with Gasteiger partial charge in [0.25, 0.3) is 0 Å². The van der Waals surface area contributed by atoms with Crippen LogP contribution in [-0.4, -0.2) is 46.3 Å². The molecule has 27 heavy (non-hydrogen) atoms. The lowest BCUT2D eigenvalue weighted by molar-refractivity contribution is 0.566. The fourth-order valence-electron chi connectivity index (χ4n) is 4.09. The number of thiophene rings is 1.